The Morgan fingerprint density at radius 3 is 2.83 bits per heavy atom. The summed E-state index contributed by atoms with van der Waals surface area (Å²) in [5, 5.41) is 12.1. The number of carbonyl (C=O) groups is 1. The van der Waals surface area contributed by atoms with Gasteiger partial charge in [-0.2, -0.15) is 0 Å². The molecule has 1 aromatic heterocycles. The number of thioether (sulfide) groups is 1. The van der Waals surface area contributed by atoms with Gasteiger partial charge in [0.25, 0.3) is 0 Å². The number of aromatic nitrogens is 3. The van der Waals surface area contributed by atoms with Crippen LogP contribution in [0.2, 0.25) is 0 Å². The van der Waals surface area contributed by atoms with Crippen molar-refractivity contribution in [3.05, 3.63) is 41.7 Å². The molecule has 0 unspecified atom stereocenters. The summed E-state index contributed by atoms with van der Waals surface area (Å²) in [7, 11) is 0. The highest BCUT2D eigenvalue weighted by molar-refractivity contribution is 7.99. The molecule has 1 amide bonds. The first-order valence-corrected chi connectivity index (χ1v) is 8.56. The first-order chi connectivity index (χ1) is 11.3. The second-order valence-corrected chi connectivity index (χ2v) is 6.40. The van der Waals surface area contributed by atoms with E-state index >= 15 is 0 Å². The summed E-state index contributed by atoms with van der Waals surface area (Å²) in [5.74, 6) is 4.14. The smallest absolute Gasteiger partial charge is 0.231 e. The molecule has 1 aromatic carbocycles. The number of terminal acetylenes is 1. The van der Waals surface area contributed by atoms with E-state index in [2.05, 4.69) is 38.1 Å². The van der Waals surface area contributed by atoms with E-state index in [1.807, 2.05) is 18.2 Å². The van der Waals surface area contributed by atoms with Gasteiger partial charge in [0, 0.05) is 5.92 Å². The van der Waals surface area contributed by atoms with Crippen molar-refractivity contribution >= 4 is 17.7 Å². The zero-order valence-corrected chi connectivity index (χ0v) is 13.6. The van der Waals surface area contributed by atoms with Gasteiger partial charge < -0.3 is 9.88 Å². The molecule has 2 aromatic rings. The highest BCUT2D eigenvalue weighted by atomic mass is 32.2. The summed E-state index contributed by atoms with van der Waals surface area (Å²) < 4.78 is 2.13. The van der Waals surface area contributed by atoms with E-state index in [9.17, 15) is 4.79 Å². The summed E-state index contributed by atoms with van der Waals surface area (Å²) in [6, 6.07) is 10.2. The van der Waals surface area contributed by atoms with Gasteiger partial charge in [-0.05, 0) is 18.4 Å². The van der Waals surface area contributed by atoms with E-state index in [-0.39, 0.29) is 12.5 Å². The Labute approximate surface area is 139 Å². The molecule has 0 radical (unpaired) electrons. The van der Waals surface area contributed by atoms with Crippen molar-refractivity contribution in [1.29, 1.82) is 0 Å². The average Bonchev–Trinajstić information content (AvgIpc) is 3.34. The lowest BCUT2D eigenvalue weighted by Crippen LogP contribution is -2.25. The zero-order chi connectivity index (χ0) is 16.1. The molecule has 5 nitrogen and oxygen atoms in total. The Morgan fingerprint density at radius 1 is 1.35 bits per heavy atom. The van der Waals surface area contributed by atoms with Crippen molar-refractivity contribution in [2.45, 2.75) is 30.5 Å². The minimum absolute atomic E-state index is 0.0878. The van der Waals surface area contributed by atoms with Gasteiger partial charge in [0.15, 0.2) is 5.16 Å². The normalized spacial score (nSPS) is 13.5. The second kappa shape index (κ2) is 7.34. The van der Waals surface area contributed by atoms with Gasteiger partial charge in [0.1, 0.15) is 5.82 Å². The van der Waals surface area contributed by atoms with Crippen LogP contribution < -0.4 is 5.32 Å². The number of carbonyl (C=O) groups excluding carboxylic acids is 1. The van der Waals surface area contributed by atoms with E-state index < -0.39 is 0 Å². The average molecular weight is 326 g/mol. The maximum atomic E-state index is 11.7. The van der Waals surface area contributed by atoms with Crippen molar-refractivity contribution in [1.82, 2.24) is 20.1 Å². The number of amides is 1. The molecule has 0 aliphatic heterocycles. The number of nitrogens with one attached hydrogen (secondary N) is 1. The Bertz CT molecular complexity index is 716. The van der Waals surface area contributed by atoms with Crippen LogP contribution >= 0.6 is 11.8 Å². The van der Waals surface area contributed by atoms with E-state index in [1.54, 1.807) is 0 Å². The summed E-state index contributed by atoms with van der Waals surface area (Å²) >= 11 is 1.40. The molecular weight excluding hydrogens is 308 g/mol. The quantitative estimate of drug-likeness (QED) is 0.625. The SMILES string of the molecule is C#CCNC(=O)CSc1nnc(C2CC2)n1Cc1ccccc1. The Morgan fingerprint density at radius 2 is 2.13 bits per heavy atom. The van der Waals surface area contributed by atoms with Crippen LogP contribution in [0, 0.1) is 12.3 Å². The maximum absolute atomic E-state index is 11.7. The van der Waals surface area contributed by atoms with Crippen molar-refractivity contribution in [2.75, 3.05) is 12.3 Å². The summed E-state index contributed by atoms with van der Waals surface area (Å²) in [4.78, 5) is 11.7. The van der Waals surface area contributed by atoms with Crippen LogP contribution in [0.3, 0.4) is 0 Å². The molecule has 3 rings (SSSR count). The van der Waals surface area contributed by atoms with Gasteiger partial charge >= 0.3 is 0 Å². The molecule has 1 N–H and O–H groups in total. The van der Waals surface area contributed by atoms with Gasteiger partial charge in [0.2, 0.25) is 5.91 Å². The lowest BCUT2D eigenvalue weighted by molar-refractivity contribution is -0.118. The van der Waals surface area contributed by atoms with E-state index in [0.717, 1.165) is 17.5 Å². The van der Waals surface area contributed by atoms with Crippen LogP contribution in [0.5, 0.6) is 0 Å². The third-order valence-corrected chi connectivity index (χ3v) is 4.56. The molecule has 1 aliphatic carbocycles. The largest absolute Gasteiger partial charge is 0.344 e. The lowest BCUT2D eigenvalue weighted by Gasteiger charge is -2.10. The van der Waals surface area contributed by atoms with E-state index in [4.69, 9.17) is 6.42 Å². The van der Waals surface area contributed by atoms with Gasteiger partial charge in [-0.25, -0.2) is 0 Å². The van der Waals surface area contributed by atoms with E-state index in [1.165, 1.54) is 30.2 Å². The van der Waals surface area contributed by atoms with Crippen LogP contribution in [0.15, 0.2) is 35.5 Å². The molecule has 118 valence electrons. The number of hydrogen-bond acceptors (Lipinski definition) is 4. The highest BCUT2D eigenvalue weighted by Gasteiger charge is 2.30. The van der Waals surface area contributed by atoms with Crippen molar-refractivity contribution in [3.8, 4) is 12.3 Å². The van der Waals surface area contributed by atoms with Gasteiger partial charge in [-0.15, -0.1) is 16.6 Å². The van der Waals surface area contributed by atoms with Crippen molar-refractivity contribution in [3.63, 3.8) is 0 Å². The minimum Gasteiger partial charge on any atom is -0.344 e. The fraction of sp³-hybridized carbons (Fsp3) is 0.353. The Kier molecular flexibility index (Phi) is 4.99. The molecule has 1 saturated carbocycles. The minimum atomic E-state index is -0.0878. The number of hydrogen-bond donors (Lipinski definition) is 1. The molecule has 1 aliphatic rings. The van der Waals surface area contributed by atoms with Gasteiger partial charge in [-0.3, -0.25) is 4.79 Å². The monoisotopic (exact) mass is 326 g/mol. The van der Waals surface area contributed by atoms with Crippen LogP contribution in [-0.2, 0) is 11.3 Å². The standard InChI is InChI=1S/C17H18N4OS/c1-2-10-18-15(22)12-23-17-20-19-16(14-8-9-14)21(17)11-13-6-4-3-5-7-13/h1,3-7,14H,8-12H2,(H,18,22). The molecule has 0 bridgehead atoms. The van der Waals surface area contributed by atoms with Crippen LogP contribution in [0.1, 0.15) is 30.1 Å². The predicted octanol–water partition coefficient (Wildman–Crippen LogP) is 2.05. The van der Waals surface area contributed by atoms with Crippen LogP contribution in [0.4, 0.5) is 0 Å². The van der Waals surface area contributed by atoms with Gasteiger partial charge in [0.05, 0.1) is 18.8 Å². The molecule has 1 heterocycles. The topological polar surface area (TPSA) is 59.8 Å². The van der Waals surface area contributed by atoms with Crippen LogP contribution in [0.25, 0.3) is 0 Å². The molecule has 0 spiro atoms. The van der Waals surface area contributed by atoms with E-state index in [0.29, 0.717) is 11.7 Å². The predicted molar refractivity (Wildman–Crippen MR) is 90.1 cm³/mol. The number of rotatable bonds is 7. The molecule has 0 saturated heterocycles. The van der Waals surface area contributed by atoms with Crippen molar-refractivity contribution in [2.24, 2.45) is 0 Å². The number of benzene rings is 1. The summed E-state index contributed by atoms with van der Waals surface area (Å²) in [6.45, 7) is 0.984. The fourth-order valence-corrected chi connectivity index (χ4v) is 3.07. The lowest BCUT2D eigenvalue weighted by atomic mass is 10.2. The van der Waals surface area contributed by atoms with Crippen molar-refractivity contribution < 1.29 is 4.79 Å². The molecule has 0 atom stereocenters. The Balaban J connectivity index is 1.72. The zero-order valence-electron chi connectivity index (χ0n) is 12.7. The first kappa shape index (κ1) is 15.6. The molecular formula is C17H18N4OS. The second-order valence-electron chi connectivity index (χ2n) is 5.46. The van der Waals surface area contributed by atoms with Gasteiger partial charge in [-0.1, -0.05) is 48.0 Å². The first-order valence-electron chi connectivity index (χ1n) is 7.58. The Hall–Kier alpha value is -2.26. The fourth-order valence-electron chi connectivity index (χ4n) is 2.30. The van der Waals surface area contributed by atoms with Crippen LogP contribution in [-0.4, -0.2) is 33.0 Å². The third kappa shape index (κ3) is 4.14. The highest BCUT2D eigenvalue weighted by Crippen LogP contribution is 2.40. The maximum Gasteiger partial charge on any atom is 0.231 e. The number of nitrogens with zero attached hydrogens (tertiary/aromatic N) is 3. The molecule has 1 fully saturated rings. The third-order valence-electron chi connectivity index (χ3n) is 3.59. The molecule has 23 heavy (non-hydrogen) atoms. The molecule has 6 heteroatoms. The summed E-state index contributed by atoms with van der Waals surface area (Å²) in [6.07, 6.45) is 7.47. The summed E-state index contributed by atoms with van der Waals surface area (Å²) in [5.41, 5.74) is 1.20.